The zero-order chi connectivity index (χ0) is 15.6. The number of anilines is 1. The first-order valence-electron chi connectivity index (χ1n) is 6.46. The van der Waals surface area contributed by atoms with Crippen LogP contribution in [0.15, 0.2) is 30.9 Å². The number of hydrogen-bond donors (Lipinski definition) is 1. The molecule has 21 heavy (non-hydrogen) atoms. The van der Waals surface area contributed by atoms with Crippen molar-refractivity contribution >= 4 is 21.6 Å². The Morgan fingerprint density at radius 3 is 2.90 bits per heavy atom. The van der Waals surface area contributed by atoms with E-state index in [0.29, 0.717) is 18.0 Å². The summed E-state index contributed by atoms with van der Waals surface area (Å²) in [6.45, 7) is 5.64. The molecule has 0 saturated heterocycles. The third kappa shape index (κ3) is 3.36. The predicted octanol–water partition coefficient (Wildman–Crippen LogP) is 0.824. The van der Waals surface area contributed by atoms with Crippen molar-refractivity contribution in [2.24, 2.45) is 0 Å². The molecule has 2 rings (SSSR count). The molecule has 0 radical (unpaired) electrons. The molecule has 0 fully saturated rings. The first kappa shape index (κ1) is 15.4. The summed E-state index contributed by atoms with van der Waals surface area (Å²) in [5, 5.41) is 2.61. The standard InChI is InChI=1S/C14H18N2O4S/c1-4-7-15-14(17)13-9-16(21(3,18)19)11-8-10(2)5-6-12(11)20-13/h4-6,8,13H,1,7,9H2,2-3H3,(H,15,17). The molecule has 1 atom stereocenters. The van der Waals surface area contributed by atoms with Gasteiger partial charge in [-0.3, -0.25) is 9.10 Å². The van der Waals surface area contributed by atoms with Crippen molar-refractivity contribution in [1.82, 2.24) is 5.32 Å². The molecule has 1 aliphatic rings. The van der Waals surface area contributed by atoms with Gasteiger partial charge < -0.3 is 10.1 Å². The summed E-state index contributed by atoms with van der Waals surface area (Å²) < 4.78 is 30.8. The maximum Gasteiger partial charge on any atom is 0.263 e. The molecule has 114 valence electrons. The number of amides is 1. The van der Waals surface area contributed by atoms with Crippen LogP contribution in [-0.2, 0) is 14.8 Å². The molecule has 1 aliphatic heterocycles. The number of benzene rings is 1. The van der Waals surface area contributed by atoms with Crippen LogP contribution < -0.4 is 14.4 Å². The molecular formula is C14H18N2O4S. The average molecular weight is 310 g/mol. The quantitative estimate of drug-likeness (QED) is 0.836. The minimum absolute atomic E-state index is 0.0434. The first-order valence-corrected chi connectivity index (χ1v) is 8.31. The highest BCUT2D eigenvalue weighted by Crippen LogP contribution is 2.35. The lowest BCUT2D eigenvalue weighted by Gasteiger charge is -2.34. The summed E-state index contributed by atoms with van der Waals surface area (Å²) >= 11 is 0. The van der Waals surface area contributed by atoms with Gasteiger partial charge in [0.2, 0.25) is 10.0 Å². The number of aryl methyl sites for hydroxylation is 1. The van der Waals surface area contributed by atoms with Gasteiger partial charge in [-0.2, -0.15) is 0 Å². The monoisotopic (exact) mass is 310 g/mol. The highest BCUT2D eigenvalue weighted by atomic mass is 32.2. The smallest absolute Gasteiger partial charge is 0.263 e. The third-order valence-electron chi connectivity index (χ3n) is 3.10. The van der Waals surface area contributed by atoms with Crippen molar-refractivity contribution in [2.45, 2.75) is 13.0 Å². The van der Waals surface area contributed by atoms with Crippen molar-refractivity contribution in [1.29, 1.82) is 0 Å². The fourth-order valence-corrected chi connectivity index (χ4v) is 3.00. The number of ether oxygens (including phenoxy) is 1. The Bertz CT molecular complexity index is 670. The molecule has 1 amide bonds. The Kier molecular flexibility index (Phi) is 4.22. The molecule has 0 bridgehead atoms. The number of fused-ring (bicyclic) bond motifs is 1. The van der Waals surface area contributed by atoms with E-state index in [1.807, 2.05) is 13.0 Å². The SMILES string of the molecule is C=CCNC(=O)C1CN(S(C)(=O)=O)c2cc(C)ccc2O1. The molecule has 0 aromatic heterocycles. The van der Waals surface area contributed by atoms with Gasteiger partial charge in [0.15, 0.2) is 6.10 Å². The van der Waals surface area contributed by atoms with Crippen LogP contribution in [0.3, 0.4) is 0 Å². The van der Waals surface area contributed by atoms with Crippen LogP contribution in [0, 0.1) is 6.92 Å². The number of nitrogens with zero attached hydrogens (tertiary/aromatic N) is 1. The van der Waals surface area contributed by atoms with Crippen LogP contribution in [0.25, 0.3) is 0 Å². The van der Waals surface area contributed by atoms with Crippen molar-refractivity contribution in [3.63, 3.8) is 0 Å². The van der Waals surface area contributed by atoms with Crippen LogP contribution in [-0.4, -0.2) is 39.8 Å². The van der Waals surface area contributed by atoms with E-state index in [-0.39, 0.29) is 12.5 Å². The van der Waals surface area contributed by atoms with Gasteiger partial charge in [0.25, 0.3) is 5.91 Å². The number of hydrogen-bond acceptors (Lipinski definition) is 4. The molecule has 0 spiro atoms. The summed E-state index contributed by atoms with van der Waals surface area (Å²) in [5.74, 6) is 0.0193. The van der Waals surface area contributed by atoms with E-state index in [9.17, 15) is 13.2 Å². The van der Waals surface area contributed by atoms with Crippen molar-refractivity contribution in [3.05, 3.63) is 36.4 Å². The minimum atomic E-state index is -3.49. The Hall–Kier alpha value is -2.02. The fraction of sp³-hybridized carbons (Fsp3) is 0.357. The van der Waals surface area contributed by atoms with Gasteiger partial charge in [0, 0.05) is 6.54 Å². The van der Waals surface area contributed by atoms with Gasteiger partial charge in [-0.25, -0.2) is 8.42 Å². The summed E-state index contributed by atoms with van der Waals surface area (Å²) in [5.41, 5.74) is 1.38. The number of sulfonamides is 1. The van der Waals surface area contributed by atoms with Gasteiger partial charge >= 0.3 is 0 Å². The van der Waals surface area contributed by atoms with Gasteiger partial charge in [0.05, 0.1) is 18.5 Å². The third-order valence-corrected chi connectivity index (χ3v) is 4.24. The van der Waals surface area contributed by atoms with Crippen LogP contribution in [0.1, 0.15) is 5.56 Å². The van der Waals surface area contributed by atoms with E-state index in [1.54, 1.807) is 18.2 Å². The second-order valence-corrected chi connectivity index (χ2v) is 6.81. The van der Waals surface area contributed by atoms with E-state index in [1.165, 1.54) is 4.31 Å². The molecule has 0 saturated carbocycles. The molecule has 0 aliphatic carbocycles. The summed E-state index contributed by atoms with van der Waals surface area (Å²) in [4.78, 5) is 12.0. The van der Waals surface area contributed by atoms with E-state index in [2.05, 4.69) is 11.9 Å². The first-order chi connectivity index (χ1) is 9.82. The fourth-order valence-electron chi connectivity index (χ4n) is 2.10. The molecule has 1 unspecified atom stereocenters. The zero-order valence-electron chi connectivity index (χ0n) is 12.0. The highest BCUT2D eigenvalue weighted by molar-refractivity contribution is 7.92. The Morgan fingerprint density at radius 1 is 1.57 bits per heavy atom. The van der Waals surface area contributed by atoms with E-state index in [4.69, 9.17) is 4.74 Å². The van der Waals surface area contributed by atoms with Gasteiger partial charge in [-0.05, 0) is 24.6 Å². The van der Waals surface area contributed by atoms with Gasteiger partial charge in [-0.15, -0.1) is 6.58 Å². The van der Waals surface area contributed by atoms with E-state index in [0.717, 1.165) is 11.8 Å². The normalized spacial score (nSPS) is 17.6. The Labute approximate surface area is 124 Å². The summed E-state index contributed by atoms with van der Waals surface area (Å²) in [6.07, 6.45) is 1.78. The topological polar surface area (TPSA) is 75.7 Å². The largest absolute Gasteiger partial charge is 0.476 e. The van der Waals surface area contributed by atoms with Crippen LogP contribution in [0.5, 0.6) is 5.75 Å². The van der Waals surface area contributed by atoms with Crippen molar-refractivity contribution in [2.75, 3.05) is 23.7 Å². The lowest BCUT2D eigenvalue weighted by atomic mass is 10.1. The zero-order valence-corrected chi connectivity index (χ0v) is 12.8. The number of carbonyl (C=O) groups is 1. The van der Waals surface area contributed by atoms with Crippen LogP contribution in [0.2, 0.25) is 0 Å². The molecule has 1 aromatic carbocycles. The predicted molar refractivity (Wildman–Crippen MR) is 81.0 cm³/mol. The summed E-state index contributed by atoms with van der Waals surface area (Å²) in [6, 6.07) is 5.22. The molecule has 1 N–H and O–H groups in total. The maximum atomic E-state index is 12.0. The molecule has 7 heteroatoms. The second-order valence-electron chi connectivity index (χ2n) is 4.91. The highest BCUT2D eigenvalue weighted by Gasteiger charge is 2.34. The average Bonchev–Trinajstić information content (AvgIpc) is 2.42. The molecule has 1 aromatic rings. The van der Waals surface area contributed by atoms with Crippen molar-refractivity contribution < 1.29 is 17.9 Å². The van der Waals surface area contributed by atoms with Crippen molar-refractivity contribution in [3.8, 4) is 5.75 Å². The number of rotatable bonds is 4. The lowest BCUT2D eigenvalue weighted by Crippen LogP contribution is -2.50. The maximum absolute atomic E-state index is 12.0. The molecular weight excluding hydrogens is 292 g/mol. The summed E-state index contributed by atoms with van der Waals surface area (Å²) in [7, 11) is -3.49. The van der Waals surface area contributed by atoms with Crippen LogP contribution >= 0.6 is 0 Å². The van der Waals surface area contributed by atoms with Gasteiger partial charge in [0.1, 0.15) is 5.75 Å². The second kappa shape index (κ2) is 5.77. The number of nitrogens with one attached hydrogen (secondary N) is 1. The van der Waals surface area contributed by atoms with E-state index >= 15 is 0 Å². The minimum Gasteiger partial charge on any atom is -0.476 e. The Balaban J connectivity index is 2.36. The molecule has 6 nitrogen and oxygen atoms in total. The molecule has 1 heterocycles. The number of carbonyl (C=O) groups excluding carboxylic acids is 1. The Morgan fingerprint density at radius 2 is 2.29 bits per heavy atom. The van der Waals surface area contributed by atoms with E-state index < -0.39 is 16.1 Å². The van der Waals surface area contributed by atoms with Crippen LogP contribution in [0.4, 0.5) is 5.69 Å². The lowest BCUT2D eigenvalue weighted by molar-refractivity contribution is -0.127. The van der Waals surface area contributed by atoms with Gasteiger partial charge in [-0.1, -0.05) is 12.1 Å².